The number of hydrogen-bond donors (Lipinski definition) is 0. The summed E-state index contributed by atoms with van der Waals surface area (Å²) in [5.41, 5.74) is 0.0885. The van der Waals surface area contributed by atoms with E-state index < -0.39 is 11.8 Å². The summed E-state index contributed by atoms with van der Waals surface area (Å²) < 4.78 is 17.4. The van der Waals surface area contributed by atoms with Crippen molar-refractivity contribution in [3.63, 3.8) is 0 Å². The van der Waals surface area contributed by atoms with Crippen LogP contribution in [0.3, 0.4) is 0 Å². The molecule has 0 bridgehead atoms. The molecule has 0 aliphatic rings. The smallest absolute Gasteiger partial charge is 0.305 e. The van der Waals surface area contributed by atoms with Crippen LogP contribution in [-0.4, -0.2) is 18.9 Å². The first-order valence-electron chi connectivity index (χ1n) is 4.60. The number of benzene rings is 1. The van der Waals surface area contributed by atoms with E-state index in [-0.39, 0.29) is 29.2 Å². The van der Waals surface area contributed by atoms with Crippen molar-refractivity contribution in [2.75, 3.05) is 7.11 Å². The summed E-state index contributed by atoms with van der Waals surface area (Å²) in [6.07, 6.45) is -0.0853. The molecule has 0 unspecified atom stereocenters. The average Bonchev–Trinajstić information content (AvgIpc) is 2.29. The van der Waals surface area contributed by atoms with Gasteiger partial charge in [0.25, 0.3) is 0 Å². The van der Waals surface area contributed by atoms with E-state index in [1.165, 1.54) is 25.3 Å². The summed E-state index contributed by atoms with van der Waals surface area (Å²) in [7, 11) is 1.24. The van der Waals surface area contributed by atoms with Crippen molar-refractivity contribution < 1.29 is 18.7 Å². The molecule has 0 heterocycles. The monoisotopic (exact) mass is 244 g/mol. The molecule has 0 spiro atoms. The van der Waals surface area contributed by atoms with Crippen LogP contribution in [0.4, 0.5) is 4.39 Å². The topological polar surface area (TPSA) is 43.4 Å². The van der Waals surface area contributed by atoms with E-state index >= 15 is 0 Å². The zero-order valence-corrected chi connectivity index (χ0v) is 9.38. The molecule has 1 aromatic rings. The van der Waals surface area contributed by atoms with Crippen molar-refractivity contribution in [1.29, 1.82) is 0 Å². The first-order valence-corrected chi connectivity index (χ1v) is 4.98. The standard InChI is InChI=1S/C11H10ClFO3/c1-16-10(15)6-5-9(14)7-3-2-4-8(13)11(7)12/h2-4H,5-6H2,1H3. The molecule has 0 radical (unpaired) electrons. The second-order valence-corrected chi connectivity index (χ2v) is 3.48. The fourth-order valence-electron chi connectivity index (χ4n) is 1.17. The Labute approximate surface area is 97.2 Å². The maximum Gasteiger partial charge on any atom is 0.305 e. The Morgan fingerprint density at radius 1 is 1.38 bits per heavy atom. The molecule has 16 heavy (non-hydrogen) atoms. The molecular formula is C11H10ClFO3. The van der Waals surface area contributed by atoms with Crippen molar-refractivity contribution in [3.8, 4) is 0 Å². The number of esters is 1. The Bertz CT molecular complexity index is 418. The van der Waals surface area contributed by atoms with E-state index in [0.29, 0.717) is 0 Å². The van der Waals surface area contributed by atoms with Crippen LogP contribution in [0.2, 0.25) is 5.02 Å². The van der Waals surface area contributed by atoms with Crippen LogP contribution in [0.15, 0.2) is 18.2 Å². The molecule has 0 N–H and O–H groups in total. The van der Waals surface area contributed by atoms with E-state index in [1.54, 1.807) is 0 Å². The lowest BCUT2D eigenvalue weighted by Crippen LogP contribution is -2.06. The van der Waals surface area contributed by atoms with Gasteiger partial charge in [0.05, 0.1) is 18.6 Å². The third kappa shape index (κ3) is 3.03. The van der Waals surface area contributed by atoms with Gasteiger partial charge in [-0.2, -0.15) is 0 Å². The molecule has 3 nitrogen and oxygen atoms in total. The second-order valence-electron chi connectivity index (χ2n) is 3.10. The van der Waals surface area contributed by atoms with Gasteiger partial charge >= 0.3 is 5.97 Å². The fourth-order valence-corrected chi connectivity index (χ4v) is 1.40. The van der Waals surface area contributed by atoms with E-state index in [2.05, 4.69) is 4.74 Å². The minimum absolute atomic E-state index is 0.0395. The molecule has 1 aromatic carbocycles. The number of ketones is 1. The van der Waals surface area contributed by atoms with Crippen LogP contribution >= 0.6 is 11.6 Å². The van der Waals surface area contributed by atoms with Gasteiger partial charge in [-0.3, -0.25) is 9.59 Å². The first-order chi connectivity index (χ1) is 7.56. The lowest BCUT2D eigenvalue weighted by Gasteiger charge is -2.03. The second kappa shape index (κ2) is 5.61. The SMILES string of the molecule is COC(=O)CCC(=O)c1cccc(F)c1Cl. The number of hydrogen-bond acceptors (Lipinski definition) is 3. The Morgan fingerprint density at radius 3 is 2.69 bits per heavy atom. The van der Waals surface area contributed by atoms with Gasteiger partial charge in [0.1, 0.15) is 5.82 Å². The van der Waals surface area contributed by atoms with E-state index in [0.717, 1.165) is 0 Å². The zero-order chi connectivity index (χ0) is 12.1. The van der Waals surface area contributed by atoms with Crippen LogP contribution in [0.1, 0.15) is 23.2 Å². The number of halogens is 2. The van der Waals surface area contributed by atoms with Gasteiger partial charge in [-0.25, -0.2) is 4.39 Å². The van der Waals surface area contributed by atoms with E-state index in [1.807, 2.05) is 0 Å². The Balaban J connectivity index is 2.74. The maximum absolute atomic E-state index is 13.0. The summed E-state index contributed by atoms with van der Waals surface area (Å²) in [4.78, 5) is 22.4. The summed E-state index contributed by atoms with van der Waals surface area (Å²) in [6.45, 7) is 0. The van der Waals surface area contributed by atoms with Crippen molar-refractivity contribution >= 4 is 23.4 Å². The van der Waals surface area contributed by atoms with Crippen LogP contribution < -0.4 is 0 Å². The molecule has 0 aliphatic heterocycles. The third-order valence-electron chi connectivity index (χ3n) is 2.04. The van der Waals surface area contributed by atoms with Crippen LogP contribution in [-0.2, 0) is 9.53 Å². The molecule has 0 amide bonds. The van der Waals surface area contributed by atoms with Gasteiger partial charge in [0.15, 0.2) is 5.78 Å². The molecular weight excluding hydrogens is 235 g/mol. The number of carbonyl (C=O) groups is 2. The highest BCUT2D eigenvalue weighted by molar-refractivity contribution is 6.34. The number of rotatable bonds is 4. The molecule has 1 rings (SSSR count). The summed E-state index contributed by atoms with van der Waals surface area (Å²) >= 11 is 5.63. The van der Waals surface area contributed by atoms with Crippen molar-refractivity contribution in [3.05, 3.63) is 34.6 Å². The molecule has 0 fully saturated rings. The highest BCUT2D eigenvalue weighted by Gasteiger charge is 2.14. The Hall–Kier alpha value is -1.42. The van der Waals surface area contributed by atoms with Gasteiger partial charge in [0, 0.05) is 12.0 Å². The largest absolute Gasteiger partial charge is 0.469 e. The van der Waals surface area contributed by atoms with Crippen LogP contribution in [0.5, 0.6) is 0 Å². The molecule has 0 aromatic heterocycles. The van der Waals surface area contributed by atoms with Gasteiger partial charge in [0.2, 0.25) is 0 Å². The van der Waals surface area contributed by atoms with Gasteiger partial charge in [-0.1, -0.05) is 17.7 Å². The Kier molecular flexibility index (Phi) is 4.43. The van der Waals surface area contributed by atoms with Crippen molar-refractivity contribution in [2.45, 2.75) is 12.8 Å². The highest BCUT2D eigenvalue weighted by Crippen LogP contribution is 2.21. The number of ether oxygens (including phenoxy) is 1. The highest BCUT2D eigenvalue weighted by atomic mass is 35.5. The van der Waals surface area contributed by atoms with Crippen molar-refractivity contribution in [2.24, 2.45) is 0 Å². The van der Waals surface area contributed by atoms with Gasteiger partial charge in [-0.05, 0) is 12.1 Å². The predicted molar refractivity (Wildman–Crippen MR) is 57.0 cm³/mol. The summed E-state index contributed by atoms with van der Waals surface area (Å²) in [5.74, 6) is -1.51. The van der Waals surface area contributed by atoms with E-state index in [9.17, 15) is 14.0 Å². The van der Waals surface area contributed by atoms with Gasteiger partial charge in [-0.15, -0.1) is 0 Å². The minimum atomic E-state index is -0.648. The maximum atomic E-state index is 13.0. The average molecular weight is 245 g/mol. The van der Waals surface area contributed by atoms with E-state index in [4.69, 9.17) is 11.6 Å². The Morgan fingerprint density at radius 2 is 2.06 bits per heavy atom. The predicted octanol–water partition coefficient (Wildman–Crippen LogP) is 2.62. The lowest BCUT2D eigenvalue weighted by molar-refractivity contribution is -0.140. The minimum Gasteiger partial charge on any atom is -0.469 e. The molecule has 0 aliphatic carbocycles. The quantitative estimate of drug-likeness (QED) is 0.604. The number of methoxy groups -OCH3 is 1. The lowest BCUT2D eigenvalue weighted by atomic mass is 10.1. The molecule has 86 valence electrons. The fraction of sp³-hybridized carbons (Fsp3) is 0.273. The first kappa shape index (κ1) is 12.6. The van der Waals surface area contributed by atoms with Crippen LogP contribution in [0, 0.1) is 5.82 Å². The molecule has 0 saturated carbocycles. The number of carbonyl (C=O) groups excluding carboxylic acids is 2. The summed E-state index contributed by atoms with van der Waals surface area (Å²) in [6, 6.07) is 3.98. The third-order valence-corrected chi connectivity index (χ3v) is 2.42. The zero-order valence-electron chi connectivity index (χ0n) is 8.63. The summed E-state index contributed by atoms with van der Waals surface area (Å²) in [5, 5.41) is -0.211. The van der Waals surface area contributed by atoms with Gasteiger partial charge < -0.3 is 4.74 Å². The number of Topliss-reactive ketones (excluding diaryl/α,β-unsaturated/α-hetero) is 1. The molecule has 0 atom stereocenters. The molecule has 5 heteroatoms. The normalized spacial score (nSPS) is 9.94. The van der Waals surface area contributed by atoms with Crippen molar-refractivity contribution in [1.82, 2.24) is 0 Å². The van der Waals surface area contributed by atoms with Crippen LogP contribution in [0.25, 0.3) is 0 Å². The molecule has 0 saturated heterocycles.